The number of benzene rings is 1. The van der Waals surface area contributed by atoms with Gasteiger partial charge in [0.2, 0.25) is 0 Å². The molecule has 0 fully saturated rings. The molecule has 2 aromatic heterocycles. The van der Waals surface area contributed by atoms with E-state index in [1.807, 2.05) is 25.1 Å². The smallest absolute Gasteiger partial charge is 0.319 e. The topological polar surface area (TPSA) is 96.3 Å². The fraction of sp³-hybridized carbons (Fsp3) is 0.105. The lowest BCUT2D eigenvalue weighted by atomic mass is 10.2. The van der Waals surface area contributed by atoms with Gasteiger partial charge in [0.15, 0.2) is 5.76 Å². The second-order valence-corrected chi connectivity index (χ2v) is 6.11. The Hall–Kier alpha value is -3.32. The Bertz CT molecular complexity index is 957. The maximum atomic E-state index is 12.0. The van der Waals surface area contributed by atoms with E-state index in [9.17, 15) is 9.59 Å². The van der Waals surface area contributed by atoms with E-state index in [0.29, 0.717) is 17.9 Å². The third kappa shape index (κ3) is 5.08. The highest BCUT2D eigenvalue weighted by molar-refractivity contribution is 6.34. The van der Waals surface area contributed by atoms with Crippen LogP contribution >= 0.6 is 11.6 Å². The largest absolute Gasteiger partial charge is 0.459 e. The maximum absolute atomic E-state index is 12.0. The highest BCUT2D eigenvalue weighted by Crippen LogP contribution is 2.26. The van der Waals surface area contributed by atoms with Gasteiger partial charge in [0.1, 0.15) is 0 Å². The number of carbonyl (C=O) groups is 2. The number of rotatable bonds is 5. The third-order valence-electron chi connectivity index (χ3n) is 3.60. The van der Waals surface area contributed by atoms with Crippen LogP contribution < -0.4 is 16.0 Å². The molecule has 0 atom stereocenters. The van der Waals surface area contributed by atoms with Crippen LogP contribution in [0.2, 0.25) is 5.02 Å². The molecule has 0 unspecified atom stereocenters. The Labute approximate surface area is 160 Å². The molecule has 3 aromatic rings. The number of urea groups is 1. The Kier molecular flexibility index (Phi) is 5.73. The van der Waals surface area contributed by atoms with Crippen molar-refractivity contribution in [2.24, 2.45) is 0 Å². The molecule has 0 saturated heterocycles. The van der Waals surface area contributed by atoms with Gasteiger partial charge in [-0.25, -0.2) is 4.79 Å². The molecule has 0 aliphatic heterocycles. The Morgan fingerprint density at radius 1 is 1.11 bits per heavy atom. The summed E-state index contributed by atoms with van der Waals surface area (Å²) >= 11 is 6.18. The van der Waals surface area contributed by atoms with Crippen LogP contribution in [0.15, 0.2) is 59.2 Å². The highest BCUT2D eigenvalue weighted by Gasteiger charge is 2.12. The zero-order valence-corrected chi connectivity index (χ0v) is 15.2. The Balaban J connectivity index is 1.56. The van der Waals surface area contributed by atoms with Crippen molar-refractivity contribution in [2.45, 2.75) is 13.5 Å². The van der Waals surface area contributed by atoms with E-state index in [1.54, 1.807) is 30.3 Å². The summed E-state index contributed by atoms with van der Waals surface area (Å²) < 4.78 is 5.03. The van der Waals surface area contributed by atoms with Gasteiger partial charge < -0.3 is 20.4 Å². The second kappa shape index (κ2) is 8.37. The summed E-state index contributed by atoms with van der Waals surface area (Å²) in [5.74, 6) is -0.233. The van der Waals surface area contributed by atoms with E-state index in [2.05, 4.69) is 20.9 Å². The van der Waals surface area contributed by atoms with Crippen molar-refractivity contribution in [3.8, 4) is 0 Å². The molecule has 0 aliphatic rings. The first kappa shape index (κ1) is 18.5. The summed E-state index contributed by atoms with van der Waals surface area (Å²) in [6, 6.07) is 13.2. The number of furan rings is 1. The van der Waals surface area contributed by atoms with E-state index < -0.39 is 5.91 Å². The van der Waals surface area contributed by atoms with Gasteiger partial charge in [-0.3, -0.25) is 9.78 Å². The minimum atomic E-state index is -0.411. The molecule has 2 heterocycles. The molecule has 27 heavy (non-hydrogen) atoms. The average Bonchev–Trinajstić information content (AvgIpc) is 3.17. The van der Waals surface area contributed by atoms with Crippen LogP contribution in [0.4, 0.5) is 16.2 Å². The van der Waals surface area contributed by atoms with E-state index in [-0.39, 0.29) is 16.8 Å². The first-order chi connectivity index (χ1) is 13.0. The van der Waals surface area contributed by atoms with Gasteiger partial charge >= 0.3 is 6.03 Å². The molecule has 1 aromatic carbocycles. The predicted molar refractivity (Wildman–Crippen MR) is 103 cm³/mol. The molecule has 3 rings (SSSR count). The number of nitrogens with zero attached hydrogens (tertiary/aromatic N) is 1. The van der Waals surface area contributed by atoms with Gasteiger partial charge in [0.05, 0.1) is 29.2 Å². The van der Waals surface area contributed by atoms with Gasteiger partial charge in [-0.1, -0.05) is 17.7 Å². The molecule has 0 spiro atoms. The fourth-order valence-electron chi connectivity index (χ4n) is 2.33. The van der Waals surface area contributed by atoms with Crippen molar-refractivity contribution in [3.63, 3.8) is 0 Å². The van der Waals surface area contributed by atoms with Crippen molar-refractivity contribution in [3.05, 3.63) is 77.0 Å². The molecule has 3 amide bonds. The number of aromatic nitrogens is 1. The number of pyridine rings is 1. The van der Waals surface area contributed by atoms with E-state index in [1.165, 1.54) is 6.26 Å². The number of halogens is 1. The molecule has 0 aliphatic carbocycles. The fourth-order valence-corrected chi connectivity index (χ4v) is 2.56. The lowest BCUT2D eigenvalue weighted by Crippen LogP contribution is -2.28. The van der Waals surface area contributed by atoms with Crippen LogP contribution in [0.25, 0.3) is 0 Å². The maximum Gasteiger partial charge on any atom is 0.319 e. The van der Waals surface area contributed by atoms with Crippen LogP contribution in [0.5, 0.6) is 0 Å². The molecule has 3 N–H and O–H groups in total. The van der Waals surface area contributed by atoms with Gasteiger partial charge in [-0.05, 0) is 49.4 Å². The number of hydrogen-bond donors (Lipinski definition) is 3. The molecule has 0 saturated carbocycles. The second-order valence-electron chi connectivity index (χ2n) is 5.70. The number of amides is 3. The normalized spacial score (nSPS) is 10.3. The number of hydrogen-bond acceptors (Lipinski definition) is 4. The van der Waals surface area contributed by atoms with Gasteiger partial charge in [0.25, 0.3) is 5.91 Å². The first-order valence-electron chi connectivity index (χ1n) is 8.13. The number of aryl methyl sites for hydroxylation is 1. The van der Waals surface area contributed by atoms with E-state index in [0.717, 1.165) is 11.4 Å². The highest BCUT2D eigenvalue weighted by atomic mass is 35.5. The van der Waals surface area contributed by atoms with Crippen molar-refractivity contribution in [2.75, 3.05) is 10.6 Å². The molecule has 7 nitrogen and oxygen atoms in total. The zero-order valence-electron chi connectivity index (χ0n) is 14.5. The zero-order chi connectivity index (χ0) is 19.2. The molecular formula is C19H17ClN4O3. The molecule has 0 bridgehead atoms. The van der Waals surface area contributed by atoms with E-state index in [4.69, 9.17) is 16.0 Å². The SMILES string of the molecule is Cc1cccc(CNC(=O)Nc2ccc(NC(=O)c3ccco3)c(Cl)c2)n1. The lowest BCUT2D eigenvalue weighted by molar-refractivity contribution is 0.0996. The van der Waals surface area contributed by atoms with Crippen LogP contribution in [0.3, 0.4) is 0 Å². The standard InChI is InChI=1S/C19H17ClN4O3/c1-12-4-2-5-14(22-12)11-21-19(26)23-13-7-8-16(15(20)10-13)24-18(25)17-6-3-9-27-17/h2-10H,11H2,1H3,(H,24,25)(H2,21,23,26). The number of anilines is 2. The van der Waals surface area contributed by atoms with Gasteiger partial charge in [-0.15, -0.1) is 0 Å². The molecular weight excluding hydrogens is 368 g/mol. The summed E-state index contributed by atoms with van der Waals surface area (Å²) in [6.45, 7) is 2.19. The summed E-state index contributed by atoms with van der Waals surface area (Å²) in [5, 5.41) is 8.33. The predicted octanol–water partition coefficient (Wildman–Crippen LogP) is 4.21. The molecule has 138 valence electrons. The van der Waals surface area contributed by atoms with Crippen LogP contribution in [-0.4, -0.2) is 16.9 Å². The van der Waals surface area contributed by atoms with Crippen molar-refractivity contribution < 1.29 is 14.0 Å². The average molecular weight is 385 g/mol. The minimum Gasteiger partial charge on any atom is -0.459 e. The summed E-state index contributed by atoms with van der Waals surface area (Å²) in [4.78, 5) is 28.3. The van der Waals surface area contributed by atoms with Gasteiger partial charge in [0, 0.05) is 11.4 Å². The lowest BCUT2D eigenvalue weighted by Gasteiger charge is -2.10. The summed E-state index contributed by atoms with van der Waals surface area (Å²) in [7, 11) is 0. The minimum absolute atomic E-state index is 0.178. The Morgan fingerprint density at radius 3 is 2.67 bits per heavy atom. The number of nitrogens with one attached hydrogen (secondary N) is 3. The first-order valence-corrected chi connectivity index (χ1v) is 8.51. The van der Waals surface area contributed by atoms with Crippen molar-refractivity contribution in [1.29, 1.82) is 0 Å². The Morgan fingerprint density at radius 2 is 1.96 bits per heavy atom. The van der Waals surface area contributed by atoms with Crippen molar-refractivity contribution in [1.82, 2.24) is 10.3 Å². The van der Waals surface area contributed by atoms with Gasteiger partial charge in [-0.2, -0.15) is 0 Å². The van der Waals surface area contributed by atoms with Crippen LogP contribution in [-0.2, 0) is 6.54 Å². The molecule has 8 heteroatoms. The van der Waals surface area contributed by atoms with Crippen LogP contribution in [0, 0.1) is 6.92 Å². The van der Waals surface area contributed by atoms with Crippen molar-refractivity contribution >= 4 is 34.9 Å². The number of carbonyl (C=O) groups excluding carboxylic acids is 2. The molecule has 0 radical (unpaired) electrons. The summed E-state index contributed by atoms with van der Waals surface area (Å²) in [5.41, 5.74) is 2.55. The monoisotopic (exact) mass is 384 g/mol. The van der Waals surface area contributed by atoms with E-state index >= 15 is 0 Å². The third-order valence-corrected chi connectivity index (χ3v) is 3.91. The quantitative estimate of drug-likeness (QED) is 0.613. The van der Waals surface area contributed by atoms with Crippen LogP contribution in [0.1, 0.15) is 21.9 Å². The summed E-state index contributed by atoms with van der Waals surface area (Å²) in [6.07, 6.45) is 1.41.